The van der Waals surface area contributed by atoms with Crippen LogP contribution in [0.5, 0.6) is 0 Å². The van der Waals surface area contributed by atoms with Crippen molar-refractivity contribution < 1.29 is 62.3 Å². The van der Waals surface area contributed by atoms with Gasteiger partial charge >= 0.3 is 0 Å². The topological polar surface area (TPSA) is 169 Å². The molecule has 18 atom stereocenters. The molecule has 0 bridgehead atoms. The summed E-state index contributed by atoms with van der Waals surface area (Å²) < 4.78 is 64.1. The number of hydrogen-bond acceptors (Lipinski definition) is 9. The first kappa shape index (κ1) is 42.3. The number of carbonyl (C=O) groups is 4. The molecule has 0 amide bonds. The maximum Gasteiger partial charge on any atom is 0.190 e. The lowest BCUT2D eigenvalue weighted by atomic mass is 9.44. The molecule has 0 spiro atoms. The Kier molecular flexibility index (Phi) is 9.89. The Morgan fingerprint density at radius 1 is 0.719 bits per heavy atom. The summed E-state index contributed by atoms with van der Waals surface area (Å²) in [5.41, 5.74) is -10.9. The maximum atomic E-state index is 16.9. The number of allylic oxidation sites excluding steroid dienone is 8. The fraction of sp³-hybridized carbons (Fsp3) is 0.727. The molecule has 5 N–H and O–H groups in total. The minimum Gasteiger partial charge on any atom is -0.390 e. The number of halogens is 4. The summed E-state index contributed by atoms with van der Waals surface area (Å²) in [6, 6.07) is 0. The number of carbonyl (C=O) groups excluding carboxylic acids is 4. The summed E-state index contributed by atoms with van der Waals surface area (Å²) in [4.78, 5) is 48.6. The van der Waals surface area contributed by atoms with Crippen molar-refractivity contribution in [2.75, 3.05) is 13.2 Å². The zero-order valence-corrected chi connectivity index (χ0v) is 33.4. The number of alkyl halides is 4. The van der Waals surface area contributed by atoms with Crippen LogP contribution in [0.3, 0.4) is 0 Å². The van der Waals surface area contributed by atoms with E-state index < -0.39 is 118 Å². The zero-order chi connectivity index (χ0) is 42.2. The Hall–Kier alpha value is -2.84. The molecule has 57 heavy (non-hydrogen) atoms. The van der Waals surface area contributed by atoms with Crippen LogP contribution in [-0.4, -0.2) is 103 Å². The number of rotatable bonds is 4. The molecule has 0 saturated heterocycles. The van der Waals surface area contributed by atoms with Crippen LogP contribution in [-0.2, 0) is 19.2 Å². The predicted octanol–water partition coefficient (Wildman–Crippen LogP) is 4.57. The molecule has 9 nitrogen and oxygen atoms in total. The van der Waals surface area contributed by atoms with Crippen LogP contribution in [0.25, 0.3) is 0 Å². The Morgan fingerprint density at radius 2 is 1.19 bits per heavy atom. The number of aliphatic hydroxyl groups excluding tert-OH is 4. The fourth-order valence-corrected chi connectivity index (χ4v) is 14.6. The van der Waals surface area contributed by atoms with E-state index in [1.807, 2.05) is 13.8 Å². The van der Waals surface area contributed by atoms with Gasteiger partial charge in [-0.1, -0.05) is 39.8 Å². The predicted molar refractivity (Wildman–Crippen MR) is 199 cm³/mol. The minimum absolute atomic E-state index is 0.0409. The Balaban J connectivity index is 0.000000174. The van der Waals surface area contributed by atoms with Crippen molar-refractivity contribution in [2.24, 2.45) is 63.1 Å². The fourth-order valence-electron chi connectivity index (χ4n) is 14.6. The molecule has 8 aliphatic rings. The second-order valence-electron chi connectivity index (χ2n) is 19.6. The summed E-state index contributed by atoms with van der Waals surface area (Å²) >= 11 is 0. The van der Waals surface area contributed by atoms with Gasteiger partial charge in [0.05, 0.1) is 12.2 Å². The van der Waals surface area contributed by atoms with Crippen molar-refractivity contribution >= 4 is 23.1 Å². The number of fused-ring (bicyclic) bond motifs is 10. The van der Waals surface area contributed by atoms with Crippen LogP contribution < -0.4 is 0 Å². The molecule has 0 aliphatic heterocycles. The minimum atomic E-state index is -2.24. The molecule has 8 rings (SSSR count). The summed E-state index contributed by atoms with van der Waals surface area (Å²) in [5, 5.41) is 52.4. The van der Waals surface area contributed by atoms with E-state index >= 15 is 17.6 Å². The van der Waals surface area contributed by atoms with Gasteiger partial charge in [-0.2, -0.15) is 0 Å². The van der Waals surface area contributed by atoms with E-state index in [-0.39, 0.29) is 66.7 Å². The number of Topliss-reactive ketones (excluding diaryl/α,β-unsaturated/α-hetero) is 2. The van der Waals surface area contributed by atoms with Crippen molar-refractivity contribution in [2.45, 2.75) is 122 Å². The first-order valence-corrected chi connectivity index (χ1v) is 20.3. The van der Waals surface area contributed by atoms with E-state index in [9.17, 15) is 44.7 Å². The summed E-state index contributed by atoms with van der Waals surface area (Å²) in [6.45, 7) is 8.74. The van der Waals surface area contributed by atoms with E-state index in [2.05, 4.69) is 0 Å². The molecule has 13 heteroatoms. The molecule has 0 aromatic carbocycles. The molecular formula is C44H56F4O9. The van der Waals surface area contributed by atoms with Crippen LogP contribution >= 0.6 is 0 Å². The Labute approximate surface area is 330 Å². The molecule has 314 valence electrons. The van der Waals surface area contributed by atoms with E-state index in [4.69, 9.17) is 0 Å². The molecule has 0 aromatic rings. The van der Waals surface area contributed by atoms with Gasteiger partial charge in [-0.3, -0.25) is 19.2 Å². The van der Waals surface area contributed by atoms with Crippen molar-refractivity contribution in [3.8, 4) is 0 Å². The van der Waals surface area contributed by atoms with Crippen molar-refractivity contribution in [3.05, 3.63) is 47.6 Å². The van der Waals surface area contributed by atoms with Crippen molar-refractivity contribution in [1.82, 2.24) is 0 Å². The van der Waals surface area contributed by atoms with Gasteiger partial charge in [-0.15, -0.1) is 0 Å². The highest BCUT2D eigenvalue weighted by atomic mass is 19.2. The normalized spacial score (nSPS) is 53.1. The first-order valence-electron chi connectivity index (χ1n) is 20.3. The van der Waals surface area contributed by atoms with E-state index in [0.29, 0.717) is 6.42 Å². The smallest absolute Gasteiger partial charge is 0.190 e. The highest BCUT2D eigenvalue weighted by Gasteiger charge is 2.77. The van der Waals surface area contributed by atoms with Crippen LogP contribution in [0, 0.1) is 63.1 Å². The lowest BCUT2D eigenvalue weighted by Crippen LogP contribution is -2.70. The van der Waals surface area contributed by atoms with Crippen molar-refractivity contribution in [3.63, 3.8) is 0 Å². The maximum absolute atomic E-state index is 16.9. The molecule has 8 aliphatic carbocycles. The number of hydrogen-bond donors (Lipinski definition) is 5. The van der Waals surface area contributed by atoms with Crippen LogP contribution in [0.1, 0.15) is 80.1 Å². The molecule has 6 fully saturated rings. The molecule has 0 unspecified atom stereocenters. The lowest BCUT2D eigenvalue weighted by molar-refractivity contribution is -0.223. The zero-order valence-electron chi connectivity index (χ0n) is 33.4. The third-order valence-corrected chi connectivity index (χ3v) is 17.2. The summed E-state index contributed by atoms with van der Waals surface area (Å²) in [6.07, 6.45) is 1.95. The second kappa shape index (κ2) is 13.3. The Morgan fingerprint density at radius 3 is 1.67 bits per heavy atom. The van der Waals surface area contributed by atoms with Gasteiger partial charge in [0.1, 0.15) is 31.2 Å². The van der Waals surface area contributed by atoms with Crippen LogP contribution in [0.4, 0.5) is 17.6 Å². The van der Waals surface area contributed by atoms with Crippen molar-refractivity contribution in [1.29, 1.82) is 0 Å². The van der Waals surface area contributed by atoms with E-state index in [1.165, 1.54) is 37.3 Å². The molecule has 6 saturated carbocycles. The quantitative estimate of drug-likeness (QED) is 0.256. The van der Waals surface area contributed by atoms with E-state index in [1.54, 1.807) is 20.8 Å². The summed E-state index contributed by atoms with van der Waals surface area (Å²) in [5.74, 6) is -5.50. The molecular weight excluding hydrogens is 748 g/mol. The molecule has 0 heterocycles. The van der Waals surface area contributed by atoms with Gasteiger partial charge < -0.3 is 25.5 Å². The van der Waals surface area contributed by atoms with Gasteiger partial charge in [0, 0.05) is 34.0 Å². The standard InChI is InChI=1S/C22H28F2O5.C22H28F2O4/c1-11-6-13-14-8-16(23)15-7-12(26)4-5-19(15,2)21(14,24)17(27)9-20(13,3)22(11,29)18(28)10-25;1-11-6-13-14-8-16(23)15-7-12(26)4-5-21(15,3)22(14,24)18(28)9-20(13,2)19(11)17(27)10-25/h4-5,7,11,13-14,16-17,25,27,29H,6,8-10H2,1-3H3;4-5,7,11,13-14,16,18-19,25,28H,6,8-10H2,1-3H3/t11-,13-,14-,16-,17-,19-,20-,21-,22-;11-,13+,14+,16+,18+,19-,20+,21+,22+/m01/s1. The van der Waals surface area contributed by atoms with Gasteiger partial charge in [-0.05, 0) is 117 Å². The number of ketones is 4. The molecule has 0 aromatic heterocycles. The highest BCUT2D eigenvalue weighted by molar-refractivity contribution is 6.02. The van der Waals surface area contributed by atoms with Gasteiger partial charge in [0.15, 0.2) is 34.5 Å². The first-order chi connectivity index (χ1) is 26.4. The molecule has 0 radical (unpaired) electrons. The Bertz CT molecular complexity index is 1900. The SMILES string of the molecule is C[C@@H]1C[C@H]2[C@@H]3C[C@H](F)C4=CC(=O)C=C[C@]4(C)[C@@]3(F)[C@@H](O)C[C@]2(C)[C@H]1C(=O)CO.C[C@H]1C[C@H]2[C@@H]3C[C@H](F)C4=CC(=O)C=C[C@]4(C)[C@@]3(F)[C@@H](O)C[C@]2(C)[C@@]1(O)C(=O)CO. The third kappa shape index (κ3) is 5.16. The van der Waals surface area contributed by atoms with Gasteiger partial charge in [-0.25, -0.2) is 17.6 Å². The average molecular weight is 805 g/mol. The second-order valence-corrected chi connectivity index (χ2v) is 19.6. The van der Waals surface area contributed by atoms with Crippen LogP contribution in [0.15, 0.2) is 47.6 Å². The summed E-state index contributed by atoms with van der Waals surface area (Å²) in [7, 11) is 0. The monoisotopic (exact) mass is 804 g/mol. The van der Waals surface area contributed by atoms with Gasteiger partial charge in [0.2, 0.25) is 0 Å². The number of aliphatic hydroxyl groups is 5. The van der Waals surface area contributed by atoms with Gasteiger partial charge in [0.25, 0.3) is 0 Å². The van der Waals surface area contributed by atoms with E-state index in [0.717, 1.165) is 6.08 Å². The largest absolute Gasteiger partial charge is 0.390 e. The highest BCUT2D eigenvalue weighted by Crippen LogP contribution is 2.72. The third-order valence-electron chi connectivity index (χ3n) is 17.2. The lowest BCUT2D eigenvalue weighted by Gasteiger charge is -2.63. The average Bonchev–Trinajstić information content (AvgIpc) is 3.53. The van der Waals surface area contributed by atoms with Crippen LogP contribution in [0.2, 0.25) is 0 Å².